The lowest BCUT2D eigenvalue weighted by Crippen LogP contribution is -2.30. The second-order valence-electron chi connectivity index (χ2n) is 24.9. The van der Waals surface area contributed by atoms with Gasteiger partial charge in [0.2, 0.25) is 0 Å². The highest BCUT2D eigenvalue weighted by Crippen LogP contribution is 2.45. The van der Waals surface area contributed by atoms with E-state index < -0.39 is 97.5 Å². The van der Waals surface area contributed by atoms with Gasteiger partial charge in [0.05, 0.1) is 26.4 Å². The normalized spacial score (nSPS) is 14.6. The molecule has 17 nitrogen and oxygen atoms in total. The third-order valence-electron chi connectivity index (χ3n) is 15.4. The minimum Gasteiger partial charge on any atom is -0.462 e. The Morgan fingerprint density at radius 3 is 0.939 bits per heavy atom. The molecule has 0 saturated carbocycles. The fourth-order valence-corrected chi connectivity index (χ4v) is 11.2. The summed E-state index contributed by atoms with van der Waals surface area (Å²) in [6.45, 7) is 4.54. The maximum absolute atomic E-state index is 13.1. The number of phosphoric acid groups is 2. The number of phosphoric ester groups is 2. The number of carbonyl (C=O) groups is 4. The first-order valence-electron chi connectivity index (χ1n) is 37.8. The van der Waals surface area contributed by atoms with Crippen LogP contribution in [0.4, 0.5) is 0 Å². The summed E-state index contributed by atoms with van der Waals surface area (Å²) < 4.78 is 68.3. The van der Waals surface area contributed by atoms with Gasteiger partial charge in [0, 0.05) is 25.7 Å². The topological polar surface area (TPSA) is 237 Å². The Morgan fingerprint density at radius 2 is 0.571 bits per heavy atom. The zero-order valence-corrected chi connectivity index (χ0v) is 63.0. The van der Waals surface area contributed by atoms with Gasteiger partial charge < -0.3 is 33.8 Å². The third-order valence-corrected chi connectivity index (χ3v) is 17.3. The van der Waals surface area contributed by atoms with Crippen molar-refractivity contribution in [3.05, 3.63) is 122 Å². The molecule has 0 saturated heterocycles. The van der Waals surface area contributed by atoms with Gasteiger partial charge in [0.15, 0.2) is 12.2 Å². The van der Waals surface area contributed by atoms with Crippen LogP contribution in [0, 0.1) is 0 Å². The number of esters is 4. The summed E-state index contributed by atoms with van der Waals surface area (Å²) in [5.74, 6) is -2.30. The van der Waals surface area contributed by atoms with Crippen LogP contribution in [0.5, 0.6) is 0 Å². The minimum atomic E-state index is -4.99. The third kappa shape index (κ3) is 69.9. The maximum atomic E-state index is 13.1. The summed E-state index contributed by atoms with van der Waals surface area (Å²) in [6, 6.07) is 0. The van der Waals surface area contributed by atoms with E-state index in [1.165, 1.54) is 57.8 Å². The molecule has 0 radical (unpaired) electrons. The summed E-state index contributed by atoms with van der Waals surface area (Å²) >= 11 is 0. The average molecular weight is 1420 g/mol. The van der Waals surface area contributed by atoms with Gasteiger partial charge in [-0.3, -0.25) is 37.3 Å². The van der Waals surface area contributed by atoms with Gasteiger partial charge in [-0.25, -0.2) is 9.13 Å². The van der Waals surface area contributed by atoms with Crippen LogP contribution in [-0.2, 0) is 65.4 Å². The predicted octanol–water partition coefficient (Wildman–Crippen LogP) is 21.6. The molecule has 0 aliphatic carbocycles. The number of ether oxygens (including phenoxy) is 4. The van der Waals surface area contributed by atoms with Gasteiger partial charge in [0.25, 0.3) is 0 Å². The number of carbonyl (C=O) groups excluding carboxylic acids is 4. The van der Waals surface area contributed by atoms with Crippen molar-refractivity contribution < 1.29 is 80.2 Å². The van der Waals surface area contributed by atoms with Crippen LogP contribution in [0.25, 0.3) is 0 Å². The van der Waals surface area contributed by atoms with E-state index in [0.29, 0.717) is 32.1 Å². The van der Waals surface area contributed by atoms with Crippen molar-refractivity contribution in [3.8, 4) is 0 Å². The Morgan fingerprint density at radius 1 is 0.296 bits per heavy atom. The lowest BCUT2D eigenvalue weighted by Gasteiger charge is -2.21. The molecule has 98 heavy (non-hydrogen) atoms. The molecule has 19 heteroatoms. The zero-order valence-electron chi connectivity index (χ0n) is 61.2. The Kier molecular flexibility index (Phi) is 67.6. The molecule has 0 rings (SSSR count). The molecule has 0 aromatic carbocycles. The van der Waals surface area contributed by atoms with E-state index >= 15 is 0 Å². The van der Waals surface area contributed by atoms with E-state index in [-0.39, 0.29) is 25.7 Å². The van der Waals surface area contributed by atoms with E-state index in [4.69, 9.17) is 37.0 Å². The lowest BCUT2D eigenvalue weighted by atomic mass is 10.1. The van der Waals surface area contributed by atoms with Crippen LogP contribution in [0.2, 0.25) is 0 Å². The van der Waals surface area contributed by atoms with Crippen molar-refractivity contribution in [1.29, 1.82) is 0 Å². The molecule has 0 spiro atoms. The van der Waals surface area contributed by atoms with Gasteiger partial charge in [-0.1, -0.05) is 271 Å². The van der Waals surface area contributed by atoms with E-state index in [1.54, 1.807) is 0 Å². The van der Waals surface area contributed by atoms with Crippen molar-refractivity contribution in [2.24, 2.45) is 0 Å². The standard InChI is InChI=1S/C79H134O17P2/c1-5-9-13-17-21-25-29-32-34-35-36-37-39-42-45-48-52-56-60-64-77(82)90-70-75(96-79(84)66-62-58-54-50-46-40-31-27-23-19-15-11-7-3)72-94-98(87,88)92-68-73(80)67-91-97(85,86)93-71-74(95-78(83)65-61-57-53-49-43-28-24-20-16-12-8-4)69-89-76(81)63-59-55-51-47-44-41-38-33-30-26-22-18-14-10-6-2/h9,13,15,19,21-22,25-27,31-34,36-38,42,45,52,56,73-75,80H,5-8,10-12,14,16-18,20,23-24,28-30,35,39-41,43-44,46-51,53-55,57-72H2,1-4H3,(H,85,86)(H,87,88)/b13-9-,19-15-,25-21-,26-22-,31-27-,34-32-,37-36-,38-33-,45-42-,56-52-. The molecule has 5 unspecified atom stereocenters. The molecule has 0 aliphatic rings. The lowest BCUT2D eigenvalue weighted by molar-refractivity contribution is -0.161. The highest BCUT2D eigenvalue weighted by Gasteiger charge is 2.30. The van der Waals surface area contributed by atoms with Crippen molar-refractivity contribution in [2.75, 3.05) is 39.6 Å². The Balaban J connectivity index is 5.39. The van der Waals surface area contributed by atoms with E-state index in [2.05, 4.69) is 131 Å². The van der Waals surface area contributed by atoms with Crippen molar-refractivity contribution in [3.63, 3.8) is 0 Å². The average Bonchev–Trinajstić information content (AvgIpc) is 0.972. The summed E-state index contributed by atoms with van der Waals surface area (Å²) in [6.07, 6.45) is 76.4. The molecule has 0 bridgehead atoms. The van der Waals surface area contributed by atoms with Crippen LogP contribution >= 0.6 is 15.6 Å². The Labute approximate surface area is 593 Å². The first-order valence-corrected chi connectivity index (χ1v) is 40.8. The highest BCUT2D eigenvalue weighted by molar-refractivity contribution is 7.47. The number of allylic oxidation sites excluding steroid dienone is 20. The molecule has 0 amide bonds. The Bertz CT molecular complexity index is 2340. The van der Waals surface area contributed by atoms with Crippen LogP contribution in [0.3, 0.4) is 0 Å². The molecule has 5 atom stereocenters. The fraction of sp³-hybridized carbons (Fsp3) is 0.696. The number of hydrogen-bond acceptors (Lipinski definition) is 15. The van der Waals surface area contributed by atoms with Crippen molar-refractivity contribution in [1.82, 2.24) is 0 Å². The SMILES string of the molecule is CC/C=C\C/C=C\C/C=C\C/C=C\C/C=C\C/C=C\CCC(=O)OCC(COP(=O)(O)OCC(O)COP(=O)(O)OCC(COC(=O)CCCCCCC/C=C\C/C=C\CCCCC)OC(=O)CCCCCCCCCCCCC)OC(=O)CCCCCCC/C=C\C/C=C\CCC. The molecular formula is C79H134O17P2. The smallest absolute Gasteiger partial charge is 0.462 e. The number of hydrogen-bond donors (Lipinski definition) is 3. The summed E-state index contributed by atoms with van der Waals surface area (Å²) in [5, 5.41) is 10.6. The molecule has 562 valence electrons. The van der Waals surface area contributed by atoms with E-state index in [1.807, 2.05) is 18.2 Å². The number of aliphatic hydroxyl groups excluding tert-OH is 1. The number of aliphatic hydroxyl groups is 1. The summed E-state index contributed by atoms with van der Waals surface area (Å²) in [5.41, 5.74) is 0. The van der Waals surface area contributed by atoms with Gasteiger partial charge in [-0.2, -0.15) is 0 Å². The molecule has 0 heterocycles. The molecular weight excluding hydrogens is 1280 g/mol. The second-order valence-corrected chi connectivity index (χ2v) is 27.8. The first kappa shape index (κ1) is 93.5. The molecule has 0 aromatic heterocycles. The summed E-state index contributed by atoms with van der Waals surface area (Å²) in [4.78, 5) is 72.7. The maximum Gasteiger partial charge on any atom is 0.472 e. The van der Waals surface area contributed by atoms with Crippen LogP contribution in [0.15, 0.2) is 122 Å². The molecule has 3 N–H and O–H groups in total. The van der Waals surface area contributed by atoms with Crippen LogP contribution in [0.1, 0.15) is 297 Å². The largest absolute Gasteiger partial charge is 0.472 e. The van der Waals surface area contributed by atoms with Gasteiger partial charge in [-0.15, -0.1) is 0 Å². The van der Waals surface area contributed by atoms with Crippen molar-refractivity contribution >= 4 is 39.5 Å². The quantitative estimate of drug-likeness (QED) is 0.0169. The van der Waals surface area contributed by atoms with E-state index in [0.717, 1.165) is 154 Å². The van der Waals surface area contributed by atoms with Crippen LogP contribution < -0.4 is 0 Å². The number of rotatable bonds is 70. The van der Waals surface area contributed by atoms with Gasteiger partial charge >= 0.3 is 39.5 Å². The zero-order chi connectivity index (χ0) is 71.8. The van der Waals surface area contributed by atoms with E-state index in [9.17, 15) is 43.2 Å². The van der Waals surface area contributed by atoms with Crippen LogP contribution in [-0.4, -0.2) is 96.7 Å². The Hall–Kier alpha value is -4.54. The molecule has 0 fully saturated rings. The summed E-state index contributed by atoms with van der Waals surface area (Å²) in [7, 11) is -9.97. The molecule has 0 aliphatic heterocycles. The second kappa shape index (κ2) is 70.9. The monoisotopic (exact) mass is 1420 g/mol. The first-order chi connectivity index (χ1) is 47.7. The minimum absolute atomic E-state index is 0.0310. The van der Waals surface area contributed by atoms with Gasteiger partial charge in [-0.05, 0) is 122 Å². The molecule has 0 aromatic rings. The predicted molar refractivity (Wildman–Crippen MR) is 399 cm³/mol. The fourth-order valence-electron chi connectivity index (χ4n) is 9.67. The van der Waals surface area contributed by atoms with Crippen molar-refractivity contribution in [2.45, 2.75) is 316 Å². The van der Waals surface area contributed by atoms with Gasteiger partial charge in [0.1, 0.15) is 19.3 Å². The number of unbranched alkanes of at least 4 members (excludes halogenated alkanes) is 24. The highest BCUT2D eigenvalue weighted by atomic mass is 31.2.